The molecule has 0 N–H and O–H groups in total. The van der Waals surface area contributed by atoms with E-state index in [0.717, 1.165) is 10.0 Å². The van der Waals surface area contributed by atoms with Crippen LogP contribution < -0.4 is 4.90 Å². The van der Waals surface area contributed by atoms with Crippen LogP contribution in [0.25, 0.3) is 5.57 Å². The lowest BCUT2D eigenvalue weighted by atomic mass is 9.75. The van der Waals surface area contributed by atoms with Gasteiger partial charge in [-0.2, -0.15) is 0 Å². The van der Waals surface area contributed by atoms with E-state index in [-0.39, 0.29) is 18.4 Å². The van der Waals surface area contributed by atoms with Crippen LogP contribution in [0.4, 0.5) is 5.69 Å². The lowest BCUT2D eigenvalue weighted by Crippen LogP contribution is -2.61. The summed E-state index contributed by atoms with van der Waals surface area (Å²) in [7, 11) is 0. The highest BCUT2D eigenvalue weighted by atomic mass is 79.9. The number of hydrogen-bond donors (Lipinski definition) is 0. The standard InChI is InChI=1S/C26H19BrN2O3/c1-16-20-13-12-19(27)14-23(20)29(17(2)30)26(16)22-11-7-6-10-21(22)24(31)28(25(26)32)15-18-8-4-3-5-9-18/h3-14H,1,15H2,2H3. The topological polar surface area (TPSA) is 57.7 Å². The zero-order valence-electron chi connectivity index (χ0n) is 17.3. The highest BCUT2D eigenvalue weighted by Crippen LogP contribution is 2.56. The van der Waals surface area contributed by atoms with Crippen LogP contribution in [-0.4, -0.2) is 22.6 Å². The van der Waals surface area contributed by atoms with Crippen LogP contribution in [0.5, 0.6) is 0 Å². The Labute approximate surface area is 194 Å². The Balaban J connectivity index is 1.79. The number of nitrogens with zero attached hydrogens (tertiary/aromatic N) is 2. The van der Waals surface area contributed by atoms with E-state index < -0.39 is 11.4 Å². The number of imide groups is 1. The van der Waals surface area contributed by atoms with E-state index in [1.807, 2.05) is 48.5 Å². The third-order valence-corrected chi connectivity index (χ3v) is 6.64. The summed E-state index contributed by atoms with van der Waals surface area (Å²) in [6, 6.07) is 21.8. The van der Waals surface area contributed by atoms with Crippen molar-refractivity contribution in [1.82, 2.24) is 4.90 Å². The maximum absolute atomic E-state index is 14.2. The zero-order valence-corrected chi connectivity index (χ0v) is 18.9. The fraction of sp³-hybridized carbons (Fsp3) is 0.115. The Kier molecular flexibility index (Phi) is 4.64. The molecule has 0 saturated heterocycles. The number of anilines is 1. The molecule has 6 heteroatoms. The van der Waals surface area contributed by atoms with Crippen molar-refractivity contribution in [3.05, 3.63) is 106 Å². The number of hydrogen-bond acceptors (Lipinski definition) is 3. The minimum absolute atomic E-state index is 0.105. The molecule has 0 bridgehead atoms. The van der Waals surface area contributed by atoms with Gasteiger partial charge in [-0.15, -0.1) is 0 Å². The molecular formula is C26H19BrN2O3. The summed E-state index contributed by atoms with van der Waals surface area (Å²) in [6.07, 6.45) is 0. The minimum Gasteiger partial charge on any atom is -0.288 e. The van der Waals surface area contributed by atoms with Crippen molar-refractivity contribution >= 4 is 44.9 Å². The summed E-state index contributed by atoms with van der Waals surface area (Å²) in [5.41, 5.74) is 1.96. The largest absolute Gasteiger partial charge is 0.288 e. The monoisotopic (exact) mass is 486 g/mol. The zero-order chi connectivity index (χ0) is 22.6. The molecule has 5 nitrogen and oxygen atoms in total. The summed E-state index contributed by atoms with van der Waals surface area (Å²) >= 11 is 3.47. The van der Waals surface area contributed by atoms with Crippen molar-refractivity contribution in [3.63, 3.8) is 0 Å². The van der Waals surface area contributed by atoms with Gasteiger partial charge in [0.15, 0.2) is 5.54 Å². The molecule has 0 saturated carbocycles. The number of carbonyl (C=O) groups excluding carboxylic acids is 3. The lowest BCUT2D eigenvalue weighted by molar-refractivity contribution is -0.135. The molecule has 3 amide bonds. The Morgan fingerprint density at radius 3 is 2.38 bits per heavy atom. The molecule has 0 radical (unpaired) electrons. The van der Waals surface area contributed by atoms with Crippen molar-refractivity contribution in [3.8, 4) is 0 Å². The highest BCUT2D eigenvalue weighted by molar-refractivity contribution is 9.10. The number of fused-ring (bicyclic) bond motifs is 3. The molecule has 2 aliphatic rings. The second kappa shape index (κ2) is 7.28. The molecule has 0 aromatic heterocycles. The maximum Gasteiger partial charge on any atom is 0.265 e. The van der Waals surface area contributed by atoms with Crippen molar-refractivity contribution in [2.45, 2.75) is 19.0 Å². The summed E-state index contributed by atoms with van der Waals surface area (Å²) in [5.74, 6) is -1.16. The van der Waals surface area contributed by atoms with E-state index in [1.165, 1.54) is 16.7 Å². The van der Waals surface area contributed by atoms with Crippen LogP contribution in [0.15, 0.2) is 83.8 Å². The fourth-order valence-electron chi connectivity index (χ4n) is 4.81. The highest BCUT2D eigenvalue weighted by Gasteiger charge is 2.61. The molecule has 3 aromatic rings. The van der Waals surface area contributed by atoms with Crippen LogP contribution in [0.3, 0.4) is 0 Å². The molecule has 1 unspecified atom stereocenters. The van der Waals surface area contributed by atoms with Crippen LogP contribution in [0.1, 0.15) is 34.0 Å². The van der Waals surface area contributed by atoms with Crippen molar-refractivity contribution < 1.29 is 14.4 Å². The van der Waals surface area contributed by atoms with E-state index >= 15 is 0 Å². The molecule has 1 spiro atoms. The van der Waals surface area contributed by atoms with E-state index in [9.17, 15) is 14.4 Å². The van der Waals surface area contributed by atoms with E-state index in [0.29, 0.717) is 28.0 Å². The van der Waals surface area contributed by atoms with Crippen LogP contribution >= 0.6 is 15.9 Å². The van der Waals surface area contributed by atoms with Crippen LogP contribution in [0, 0.1) is 0 Å². The molecule has 0 aliphatic carbocycles. The first kappa shape index (κ1) is 20.4. The number of carbonyl (C=O) groups is 3. The molecule has 3 aromatic carbocycles. The first-order valence-electron chi connectivity index (χ1n) is 10.2. The number of halogens is 1. The van der Waals surface area contributed by atoms with Gasteiger partial charge in [-0.25, -0.2) is 0 Å². The van der Waals surface area contributed by atoms with Crippen molar-refractivity contribution in [1.29, 1.82) is 0 Å². The average Bonchev–Trinajstić information content (AvgIpc) is 3.05. The summed E-state index contributed by atoms with van der Waals surface area (Å²) in [4.78, 5) is 43.5. The van der Waals surface area contributed by atoms with Gasteiger partial charge in [0.1, 0.15) is 0 Å². The first-order valence-corrected chi connectivity index (χ1v) is 11.0. The molecule has 158 valence electrons. The fourth-order valence-corrected chi connectivity index (χ4v) is 5.16. The molecule has 5 rings (SSSR count). The summed E-state index contributed by atoms with van der Waals surface area (Å²) in [6.45, 7) is 5.82. The molecule has 32 heavy (non-hydrogen) atoms. The van der Waals surface area contributed by atoms with Gasteiger partial charge in [-0.3, -0.25) is 24.2 Å². The molecule has 0 fully saturated rings. The Morgan fingerprint density at radius 1 is 0.969 bits per heavy atom. The molecule has 1 atom stereocenters. The Morgan fingerprint density at radius 2 is 1.66 bits per heavy atom. The molecule has 2 aliphatic heterocycles. The molecular weight excluding hydrogens is 468 g/mol. The normalized spacial score (nSPS) is 19.4. The van der Waals surface area contributed by atoms with Gasteiger partial charge in [0.25, 0.3) is 11.8 Å². The third kappa shape index (κ3) is 2.66. The SMILES string of the molecule is C=C1c2ccc(Br)cc2N(C(C)=O)C12C(=O)N(Cc1ccccc1)C(=O)c1ccccc12. The Hall–Kier alpha value is -3.51. The lowest BCUT2D eigenvalue weighted by Gasteiger charge is -2.45. The minimum atomic E-state index is -1.52. The predicted octanol–water partition coefficient (Wildman–Crippen LogP) is 4.91. The first-order chi connectivity index (χ1) is 15.4. The van der Waals surface area contributed by atoms with Gasteiger partial charge in [0.2, 0.25) is 5.91 Å². The van der Waals surface area contributed by atoms with E-state index in [2.05, 4.69) is 22.5 Å². The quantitative estimate of drug-likeness (QED) is 0.483. The predicted molar refractivity (Wildman–Crippen MR) is 126 cm³/mol. The van der Waals surface area contributed by atoms with Gasteiger partial charge in [-0.05, 0) is 29.3 Å². The second-order valence-electron chi connectivity index (χ2n) is 7.93. The second-order valence-corrected chi connectivity index (χ2v) is 8.85. The number of rotatable bonds is 2. The third-order valence-electron chi connectivity index (χ3n) is 6.14. The van der Waals surface area contributed by atoms with E-state index in [4.69, 9.17) is 0 Å². The smallest absolute Gasteiger partial charge is 0.265 e. The van der Waals surface area contributed by atoms with E-state index in [1.54, 1.807) is 24.3 Å². The van der Waals surface area contributed by atoms with Gasteiger partial charge in [0.05, 0.1) is 12.2 Å². The van der Waals surface area contributed by atoms with Crippen LogP contribution in [-0.2, 0) is 21.7 Å². The molecule has 2 heterocycles. The average molecular weight is 487 g/mol. The van der Waals surface area contributed by atoms with Gasteiger partial charge in [-0.1, -0.05) is 77.1 Å². The van der Waals surface area contributed by atoms with Gasteiger partial charge >= 0.3 is 0 Å². The van der Waals surface area contributed by atoms with Gasteiger partial charge < -0.3 is 0 Å². The summed E-state index contributed by atoms with van der Waals surface area (Å²) in [5, 5.41) is 0. The van der Waals surface area contributed by atoms with Crippen LogP contribution in [0.2, 0.25) is 0 Å². The Bertz CT molecular complexity index is 1320. The van der Waals surface area contributed by atoms with Crippen molar-refractivity contribution in [2.75, 3.05) is 4.90 Å². The number of benzene rings is 3. The number of amides is 3. The van der Waals surface area contributed by atoms with Gasteiger partial charge in [0, 0.05) is 28.1 Å². The van der Waals surface area contributed by atoms with Crippen molar-refractivity contribution in [2.24, 2.45) is 0 Å². The summed E-state index contributed by atoms with van der Waals surface area (Å²) < 4.78 is 0.779. The maximum atomic E-state index is 14.2.